The molecular weight excluding hydrogens is 482 g/mol. The molecule has 3 aromatic rings. The molecule has 0 aliphatic carbocycles. The van der Waals surface area contributed by atoms with Crippen LogP contribution in [-0.4, -0.2) is 20.9 Å². The average molecular weight is 497 g/mol. The van der Waals surface area contributed by atoms with E-state index in [4.69, 9.17) is 0 Å². The standard InChI is InChI=1S/C20H15BrF2N2O4S/c21-14-7-11-16(12-8-14)30(27,28)25-15-9-5-13(6-10-15)19(26)24-17-3-1-2-4-18(17)29-20(22)23/h1-12,20,25H,(H,24,26). The minimum Gasteiger partial charge on any atom is -0.433 e. The molecule has 0 unspecified atom stereocenters. The number of para-hydroxylation sites is 2. The second kappa shape index (κ2) is 9.23. The van der Waals surface area contributed by atoms with Gasteiger partial charge in [-0.3, -0.25) is 9.52 Å². The lowest BCUT2D eigenvalue weighted by Crippen LogP contribution is -2.15. The summed E-state index contributed by atoms with van der Waals surface area (Å²) in [6.45, 7) is -3.03. The number of nitrogens with one attached hydrogen (secondary N) is 2. The zero-order valence-electron chi connectivity index (χ0n) is 15.2. The Morgan fingerprint density at radius 1 is 0.933 bits per heavy atom. The molecule has 0 aliphatic rings. The summed E-state index contributed by atoms with van der Waals surface area (Å²) in [6.07, 6.45) is 0. The Morgan fingerprint density at radius 3 is 2.20 bits per heavy atom. The first-order chi connectivity index (χ1) is 14.2. The minimum absolute atomic E-state index is 0.0859. The lowest BCUT2D eigenvalue weighted by Gasteiger charge is -2.12. The number of ether oxygens (including phenoxy) is 1. The monoisotopic (exact) mass is 496 g/mol. The van der Waals surface area contributed by atoms with Crippen molar-refractivity contribution >= 4 is 43.2 Å². The second-order valence-corrected chi connectivity index (χ2v) is 8.56. The van der Waals surface area contributed by atoms with Crippen LogP contribution in [0.4, 0.5) is 20.2 Å². The largest absolute Gasteiger partial charge is 0.433 e. The lowest BCUT2D eigenvalue weighted by molar-refractivity contribution is -0.0493. The van der Waals surface area contributed by atoms with Crippen LogP contribution < -0.4 is 14.8 Å². The molecule has 2 N–H and O–H groups in total. The predicted molar refractivity (Wildman–Crippen MR) is 112 cm³/mol. The van der Waals surface area contributed by atoms with Crippen molar-refractivity contribution < 1.29 is 26.7 Å². The highest BCUT2D eigenvalue weighted by atomic mass is 79.9. The van der Waals surface area contributed by atoms with Crippen molar-refractivity contribution in [3.05, 3.63) is 82.8 Å². The number of amides is 1. The quantitative estimate of drug-likeness (QED) is 0.476. The highest BCUT2D eigenvalue weighted by Gasteiger charge is 2.15. The molecule has 0 spiro atoms. The molecule has 10 heteroatoms. The van der Waals surface area contributed by atoms with Gasteiger partial charge in [-0.2, -0.15) is 8.78 Å². The van der Waals surface area contributed by atoms with E-state index in [0.717, 1.165) is 4.47 Å². The van der Waals surface area contributed by atoms with Crippen molar-refractivity contribution in [2.45, 2.75) is 11.5 Å². The normalized spacial score (nSPS) is 11.2. The van der Waals surface area contributed by atoms with Crippen LogP contribution in [0, 0.1) is 0 Å². The molecule has 3 aromatic carbocycles. The van der Waals surface area contributed by atoms with E-state index in [9.17, 15) is 22.0 Å². The zero-order chi connectivity index (χ0) is 21.7. The third-order valence-electron chi connectivity index (χ3n) is 3.87. The van der Waals surface area contributed by atoms with Gasteiger partial charge in [0.1, 0.15) is 5.75 Å². The number of anilines is 2. The Labute approximate surface area is 180 Å². The van der Waals surface area contributed by atoms with Crippen molar-refractivity contribution in [2.24, 2.45) is 0 Å². The fraction of sp³-hybridized carbons (Fsp3) is 0.0500. The van der Waals surface area contributed by atoms with Gasteiger partial charge < -0.3 is 10.1 Å². The van der Waals surface area contributed by atoms with Gasteiger partial charge in [0, 0.05) is 15.7 Å². The molecule has 6 nitrogen and oxygen atoms in total. The predicted octanol–water partition coefficient (Wildman–Crippen LogP) is 5.10. The Hall–Kier alpha value is -2.98. The van der Waals surface area contributed by atoms with Crippen molar-refractivity contribution in [3.63, 3.8) is 0 Å². The highest BCUT2D eigenvalue weighted by molar-refractivity contribution is 9.10. The molecule has 30 heavy (non-hydrogen) atoms. The second-order valence-electron chi connectivity index (χ2n) is 5.97. The molecule has 0 aromatic heterocycles. The minimum atomic E-state index is -3.79. The number of halogens is 3. The van der Waals surface area contributed by atoms with E-state index < -0.39 is 22.5 Å². The van der Waals surface area contributed by atoms with Crippen LogP contribution in [0.15, 0.2) is 82.2 Å². The van der Waals surface area contributed by atoms with Gasteiger partial charge >= 0.3 is 6.61 Å². The van der Waals surface area contributed by atoms with Gasteiger partial charge in [0.15, 0.2) is 0 Å². The third kappa shape index (κ3) is 5.55. The molecule has 1 amide bonds. The van der Waals surface area contributed by atoms with Crippen molar-refractivity contribution in [1.29, 1.82) is 0 Å². The summed E-state index contributed by atoms with van der Waals surface area (Å²) in [5.41, 5.74) is 0.548. The average Bonchev–Trinajstić information content (AvgIpc) is 2.69. The smallest absolute Gasteiger partial charge is 0.387 e. The molecule has 0 atom stereocenters. The van der Waals surface area contributed by atoms with Crippen molar-refractivity contribution in [3.8, 4) is 5.75 Å². The summed E-state index contributed by atoms with van der Waals surface area (Å²) in [5, 5.41) is 2.49. The van der Waals surface area contributed by atoms with Crippen LogP contribution in [0.5, 0.6) is 5.75 Å². The molecule has 0 saturated heterocycles. The van der Waals surface area contributed by atoms with Crippen molar-refractivity contribution in [1.82, 2.24) is 0 Å². The number of carbonyl (C=O) groups is 1. The number of hydrogen-bond acceptors (Lipinski definition) is 4. The van der Waals surface area contributed by atoms with E-state index in [1.807, 2.05) is 0 Å². The topological polar surface area (TPSA) is 84.5 Å². The zero-order valence-corrected chi connectivity index (χ0v) is 17.6. The van der Waals surface area contributed by atoms with E-state index >= 15 is 0 Å². The molecule has 0 heterocycles. The Morgan fingerprint density at radius 2 is 1.57 bits per heavy atom. The van der Waals surface area contributed by atoms with Crippen LogP contribution in [0.2, 0.25) is 0 Å². The number of rotatable bonds is 7. The molecule has 0 saturated carbocycles. The lowest BCUT2D eigenvalue weighted by atomic mass is 10.2. The first-order valence-electron chi connectivity index (χ1n) is 8.48. The molecule has 0 aliphatic heterocycles. The maximum Gasteiger partial charge on any atom is 0.387 e. The molecule has 156 valence electrons. The van der Waals surface area contributed by atoms with Crippen LogP contribution in [0.3, 0.4) is 0 Å². The molecule has 0 bridgehead atoms. The summed E-state index contributed by atoms with van der Waals surface area (Å²) in [4.78, 5) is 12.5. The SMILES string of the molecule is O=C(Nc1ccccc1OC(F)F)c1ccc(NS(=O)(=O)c2ccc(Br)cc2)cc1. The maximum absolute atomic E-state index is 12.5. The van der Waals surface area contributed by atoms with Crippen LogP contribution >= 0.6 is 15.9 Å². The molecular formula is C20H15BrF2N2O4S. The van der Waals surface area contributed by atoms with E-state index in [0.29, 0.717) is 0 Å². The van der Waals surface area contributed by atoms with Gasteiger partial charge in [-0.15, -0.1) is 0 Å². The summed E-state index contributed by atoms with van der Waals surface area (Å²) >= 11 is 3.24. The first kappa shape index (κ1) is 21.7. The fourth-order valence-corrected chi connectivity index (χ4v) is 3.80. The Balaban J connectivity index is 1.71. The van der Waals surface area contributed by atoms with Gasteiger partial charge in [-0.1, -0.05) is 28.1 Å². The Bertz CT molecular complexity index is 1140. The summed E-state index contributed by atoms with van der Waals surface area (Å²) in [5.74, 6) is -0.734. The van der Waals surface area contributed by atoms with Crippen LogP contribution in [0.25, 0.3) is 0 Å². The number of hydrogen-bond donors (Lipinski definition) is 2. The summed E-state index contributed by atoms with van der Waals surface area (Å²) < 4.78 is 57.4. The van der Waals surface area contributed by atoms with Gasteiger partial charge in [-0.05, 0) is 60.7 Å². The van der Waals surface area contributed by atoms with Gasteiger partial charge in [0.2, 0.25) is 0 Å². The van der Waals surface area contributed by atoms with E-state index in [-0.39, 0.29) is 27.6 Å². The van der Waals surface area contributed by atoms with Crippen LogP contribution in [0.1, 0.15) is 10.4 Å². The van der Waals surface area contributed by atoms with E-state index in [1.165, 1.54) is 54.6 Å². The fourth-order valence-electron chi connectivity index (χ4n) is 2.48. The first-order valence-corrected chi connectivity index (χ1v) is 10.8. The third-order valence-corrected chi connectivity index (χ3v) is 5.80. The number of sulfonamides is 1. The maximum atomic E-state index is 12.5. The van der Waals surface area contributed by atoms with E-state index in [1.54, 1.807) is 18.2 Å². The molecule has 0 fully saturated rings. The highest BCUT2D eigenvalue weighted by Crippen LogP contribution is 2.26. The summed E-state index contributed by atoms with van der Waals surface area (Å²) in [7, 11) is -3.79. The Kier molecular flexibility index (Phi) is 6.68. The summed E-state index contributed by atoms with van der Waals surface area (Å²) in [6, 6.07) is 17.6. The van der Waals surface area contributed by atoms with E-state index in [2.05, 4.69) is 30.7 Å². The number of alkyl halides is 2. The molecule has 3 rings (SSSR count). The van der Waals surface area contributed by atoms with Crippen LogP contribution in [-0.2, 0) is 10.0 Å². The molecule has 0 radical (unpaired) electrons. The van der Waals surface area contributed by atoms with Crippen molar-refractivity contribution in [2.75, 3.05) is 10.0 Å². The number of benzene rings is 3. The van der Waals surface area contributed by atoms with Gasteiger partial charge in [0.25, 0.3) is 15.9 Å². The van der Waals surface area contributed by atoms with Gasteiger partial charge in [-0.25, -0.2) is 8.42 Å². The number of carbonyl (C=O) groups excluding carboxylic acids is 1. The van der Waals surface area contributed by atoms with Gasteiger partial charge in [0.05, 0.1) is 10.6 Å².